The predicted molar refractivity (Wildman–Crippen MR) is 103 cm³/mol. The van der Waals surface area contributed by atoms with Crippen LogP contribution in [0, 0.1) is 11.8 Å². The van der Waals surface area contributed by atoms with E-state index in [0.29, 0.717) is 12.0 Å². The number of allylic oxidation sites excluding steroid dienone is 2. The molecule has 0 aromatic heterocycles. The Morgan fingerprint density at radius 1 is 1.15 bits per heavy atom. The summed E-state index contributed by atoms with van der Waals surface area (Å²) in [6, 6.07) is 6.03. The summed E-state index contributed by atoms with van der Waals surface area (Å²) in [6.07, 6.45) is 5.48. The normalized spacial score (nSPS) is 24.6. The number of phenolic OH excluding ortho intramolecular Hbond substituents is 1. The average Bonchev–Trinajstić information content (AvgIpc) is 2.54. The SMILES string of the molecule is CC1=CC(O)C(C(C)C)C(OC(=O)c2ccc(O)cc2)CC(C)=CCC1. The number of phenols is 1. The fourth-order valence-electron chi connectivity index (χ4n) is 3.54. The highest BCUT2D eigenvalue weighted by atomic mass is 16.5. The number of esters is 1. The minimum Gasteiger partial charge on any atom is -0.508 e. The van der Waals surface area contributed by atoms with Crippen molar-refractivity contribution in [1.82, 2.24) is 0 Å². The molecule has 0 saturated heterocycles. The van der Waals surface area contributed by atoms with E-state index in [4.69, 9.17) is 4.74 Å². The van der Waals surface area contributed by atoms with Gasteiger partial charge in [0.05, 0.1) is 11.7 Å². The first-order valence-corrected chi connectivity index (χ1v) is 9.29. The molecule has 0 heterocycles. The van der Waals surface area contributed by atoms with Crippen molar-refractivity contribution in [3.05, 3.63) is 53.1 Å². The Balaban J connectivity index is 2.30. The molecule has 3 atom stereocenters. The molecule has 3 unspecified atom stereocenters. The standard InChI is InChI=1S/C22H30O4/c1-14(2)21-19(24)12-15(3)6-5-7-16(4)13-20(21)26-22(25)17-8-10-18(23)11-9-17/h7-12,14,19-21,23-24H,5-6,13H2,1-4H3. The molecule has 26 heavy (non-hydrogen) atoms. The van der Waals surface area contributed by atoms with Gasteiger partial charge in [-0.15, -0.1) is 0 Å². The Morgan fingerprint density at radius 3 is 2.42 bits per heavy atom. The summed E-state index contributed by atoms with van der Waals surface area (Å²) >= 11 is 0. The molecule has 0 aliphatic heterocycles. The summed E-state index contributed by atoms with van der Waals surface area (Å²) in [6.45, 7) is 8.17. The summed E-state index contributed by atoms with van der Waals surface area (Å²) in [5.74, 6) is -0.361. The number of carbonyl (C=O) groups is 1. The van der Waals surface area contributed by atoms with Gasteiger partial charge in [0.2, 0.25) is 0 Å². The summed E-state index contributed by atoms with van der Waals surface area (Å²) in [7, 11) is 0. The highest BCUT2D eigenvalue weighted by Gasteiger charge is 2.33. The van der Waals surface area contributed by atoms with E-state index in [1.807, 2.05) is 33.8 Å². The first-order chi connectivity index (χ1) is 12.3. The minimum atomic E-state index is -0.654. The van der Waals surface area contributed by atoms with Crippen LogP contribution in [0.15, 0.2) is 47.6 Å². The number of aliphatic hydroxyl groups is 1. The zero-order valence-electron chi connectivity index (χ0n) is 16.1. The van der Waals surface area contributed by atoms with E-state index in [1.54, 1.807) is 12.1 Å². The van der Waals surface area contributed by atoms with E-state index in [9.17, 15) is 15.0 Å². The van der Waals surface area contributed by atoms with Crippen LogP contribution in [-0.2, 0) is 4.74 Å². The van der Waals surface area contributed by atoms with Gasteiger partial charge in [-0.25, -0.2) is 4.79 Å². The second-order valence-electron chi connectivity index (χ2n) is 7.61. The largest absolute Gasteiger partial charge is 0.508 e. The second-order valence-corrected chi connectivity index (χ2v) is 7.61. The maximum atomic E-state index is 12.6. The van der Waals surface area contributed by atoms with Crippen molar-refractivity contribution < 1.29 is 19.7 Å². The highest BCUT2D eigenvalue weighted by Crippen LogP contribution is 2.30. The van der Waals surface area contributed by atoms with Crippen molar-refractivity contribution >= 4 is 5.97 Å². The smallest absolute Gasteiger partial charge is 0.338 e. The number of aromatic hydroxyl groups is 1. The Morgan fingerprint density at radius 2 is 1.81 bits per heavy atom. The van der Waals surface area contributed by atoms with Gasteiger partial charge in [0.25, 0.3) is 0 Å². The van der Waals surface area contributed by atoms with E-state index >= 15 is 0 Å². The number of benzene rings is 1. The van der Waals surface area contributed by atoms with Crippen LogP contribution in [0.4, 0.5) is 0 Å². The molecule has 1 aliphatic carbocycles. The maximum Gasteiger partial charge on any atom is 0.338 e. The number of hydrogen-bond acceptors (Lipinski definition) is 4. The first kappa shape index (κ1) is 20.2. The van der Waals surface area contributed by atoms with E-state index in [0.717, 1.165) is 18.4 Å². The Labute approximate surface area is 156 Å². The zero-order chi connectivity index (χ0) is 19.3. The molecule has 2 N–H and O–H groups in total. The van der Waals surface area contributed by atoms with Gasteiger partial charge in [0.15, 0.2) is 0 Å². The molecule has 4 heteroatoms. The lowest BCUT2D eigenvalue weighted by atomic mass is 9.81. The number of hydrogen-bond donors (Lipinski definition) is 2. The lowest BCUT2D eigenvalue weighted by Gasteiger charge is -2.33. The Kier molecular flexibility index (Phi) is 7.04. The van der Waals surface area contributed by atoms with Gasteiger partial charge in [0, 0.05) is 12.3 Å². The van der Waals surface area contributed by atoms with Crippen LogP contribution in [-0.4, -0.2) is 28.4 Å². The molecular weight excluding hydrogens is 328 g/mol. The minimum absolute atomic E-state index is 0.107. The van der Waals surface area contributed by atoms with Crippen LogP contribution in [0.3, 0.4) is 0 Å². The summed E-state index contributed by atoms with van der Waals surface area (Å²) < 4.78 is 5.85. The van der Waals surface area contributed by atoms with E-state index in [-0.39, 0.29) is 17.6 Å². The number of ether oxygens (including phenoxy) is 1. The molecule has 1 aromatic rings. The third-order valence-corrected chi connectivity index (χ3v) is 4.96. The van der Waals surface area contributed by atoms with Gasteiger partial charge in [-0.3, -0.25) is 0 Å². The van der Waals surface area contributed by atoms with Crippen molar-refractivity contribution in [2.75, 3.05) is 0 Å². The van der Waals surface area contributed by atoms with Gasteiger partial charge in [-0.2, -0.15) is 0 Å². The molecule has 2 rings (SSSR count). The summed E-state index contributed by atoms with van der Waals surface area (Å²) in [5.41, 5.74) is 2.71. The van der Waals surface area contributed by atoms with E-state index in [1.165, 1.54) is 17.7 Å². The lowest BCUT2D eigenvalue weighted by Crippen LogP contribution is -2.38. The molecule has 142 valence electrons. The molecule has 0 fully saturated rings. The molecular formula is C22H30O4. The van der Waals surface area contributed by atoms with Gasteiger partial charge < -0.3 is 14.9 Å². The van der Waals surface area contributed by atoms with Crippen LogP contribution >= 0.6 is 0 Å². The topological polar surface area (TPSA) is 66.8 Å². The summed E-state index contributed by atoms with van der Waals surface area (Å²) in [5, 5.41) is 20.2. The molecule has 0 saturated carbocycles. The van der Waals surface area contributed by atoms with Crippen LogP contribution in [0.5, 0.6) is 5.75 Å². The van der Waals surface area contributed by atoms with Crippen molar-refractivity contribution in [2.45, 2.75) is 59.2 Å². The van der Waals surface area contributed by atoms with Crippen LogP contribution < -0.4 is 0 Å². The quantitative estimate of drug-likeness (QED) is 0.611. The van der Waals surface area contributed by atoms with Crippen molar-refractivity contribution in [2.24, 2.45) is 11.8 Å². The fraction of sp³-hybridized carbons (Fsp3) is 0.500. The van der Waals surface area contributed by atoms with Crippen LogP contribution in [0.1, 0.15) is 57.3 Å². The predicted octanol–water partition coefficient (Wildman–Crippen LogP) is 4.63. The molecule has 1 aliphatic rings. The Bertz CT molecular complexity index is 670. The third kappa shape index (κ3) is 5.46. The molecule has 0 bridgehead atoms. The van der Waals surface area contributed by atoms with Gasteiger partial charge in [-0.1, -0.05) is 37.1 Å². The second kappa shape index (κ2) is 9.04. The summed E-state index contributed by atoms with van der Waals surface area (Å²) in [4.78, 5) is 12.6. The Hall–Kier alpha value is -2.07. The zero-order valence-corrected chi connectivity index (χ0v) is 16.1. The first-order valence-electron chi connectivity index (χ1n) is 9.29. The molecule has 0 spiro atoms. The molecule has 1 aromatic carbocycles. The van der Waals surface area contributed by atoms with Gasteiger partial charge in [-0.05, 0) is 56.9 Å². The van der Waals surface area contributed by atoms with Crippen molar-refractivity contribution in [1.29, 1.82) is 0 Å². The maximum absolute atomic E-state index is 12.6. The van der Waals surface area contributed by atoms with Gasteiger partial charge >= 0.3 is 5.97 Å². The van der Waals surface area contributed by atoms with E-state index < -0.39 is 18.2 Å². The molecule has 4 nitrogen and oxygen atoms in total. The van der Waals surface area contributed by atoms with E-state index in [2.05, 4.69) is 6.08 Å². The van der Waals surface area contributed by atoms with Crippen molar-refractivity contribution in [3.8, 4) is 5.75 Å². The molecule has 0 amide bonds. The van der Waals surface area contributed by atoms with Crippen molar-refractivity contribution in [3.63, 3.8) is 0 Å². The van der Waals surface area contributed by atoms with Crippen LogP contribution in [0.2, 0.25) is 0 Å². The number of aliphatic hydroxyl groups excluding tert-OH is 1. The number of rotatable bonds is 3. The highest BCUT2D eigenvalue weighted by molar-refractivity contribution is 5.89. The average molecular weight is 358 g/mol. The third-order valence-electron chi connectivity index (χ3n) is 4.96. The molecule has 0 radical (unpaired) electrons. The monoisotopic (exact) mass is 358 g/mol. The number of carbonyl (C=O) groups excluding carboxylic acids is 1. The fourth-order valence-corrected chi connectivity index (χ4v) is 3.54. The van der Waals surface area contributed by atoms with Crippen LogP contribution in [0.25, 0.3) is 0 Å². The lowest BCUT2D eigenvalue weighted by molar-refractivity contribution is -0.0216. The van der Waals surface area contributed by atoms with Gasteiger partial charge in [0.1, 0.15) is 11.9 Å².